The Morgan fingerprint density at radius 3 is 2.62 bits per heavy atom. The SMILES string of the molecule is Cc1nn(C2CC3CCC(C2)N3C)cc1Nc1ncc(C(F)F)c(NCCCN2CCC2=O)n1. The summed E-state index contributed by atoms with van der Waals surface area (Å²) in [4.78, 5) is 24.1. The fraction of sp³-hybridized carbons (Fsp3) is 0.652. The number of hydrogen-bond acceptors (Lipinski definition) is 7. The maximum atomic E-state index is 13.5. The van der Waals surface area contributed by atoms with Crippen molar-refractivity contribution in [3.05, 3.63) is 23.7 Å². The van der Waals surface area contributed by atoms with Crippen LogP contribution in [0.5, 0.6) is 0 Å². The van der Waals surface area contributed by atoms with Crippen molar-refractivity contribution >= 4 is 23.4 Å². The van der Waals surface area contributed by atoms with Crippen molar-refractivity contribution in [2.45, 2.75) is 70.0 Å². The smallest absolute Gasteiger partial charge is 0.268 e. The number of aryl methyl sites for hydroxylation is 1. The van der Waals surface area contributed by atoms with Crippen molar-refractivity contribution in [2.24, 2.45) is 0 Å². The first-order valence-corrected chi connectivity index (χ1v) is 12.1. The van der Waals surface area contributed by atoms with Gasteiger partial charge in [-0.2, -0.15) is 10.1 Å². The molecule has 2 aromatic heterocycles. The van der Waals surface area contributed by atoms with Crippen molar-refractivity contribution in [1.82, 2.24) is 29.5 Å². The second-order valence-electron chi connectivity index (χ2n) is 9.62. The van der Waals surface area contributed by atoms with E-state index < -0.39 is 6.43 Å². The third-order valence-electron chi connectivity index (χ3n) is 7.51. The molecule has 3 aliphatic heterocycles. The highest BCUT2D eigenvalue weighted by Crippen LogP contribution is 2.40. The van der Waals surface area contributed by atoms with Gasteiger partial charge in [0.15, 0.2) is 0 Å². The molecule has 5 rings (SSSR count). The Hall–Kier alpha value is -2.82. The van der Waals surface area contributed by atoms with Crippen LogP contribution in [0.4, 0.5) is 26.2 Å². The van der Waals surface area contributed by atoms with Crippen LogP contribution in [0.3, 0.4) is 0 Å². The first-order valence-electron chi connectivity index (χ1n) is 12.1. The summed E-state index contributed by atoms with van der Waals surface area (Å²) in [6.45, 7) is 3.75. The van der Waals surface area contributed by atoms with Crippen molar-refractivity contribution in [3.63, 3.8) is 0 Å². The van der Waals surface area contributed by atoms with Gasteiger partial charge in [-0.3, -0.25) is 9.48 Å². The lowest BCUT2D eigenvalue weighted by Gasteiger charge is -2.36. The van der Waals surface area contributed by atoms with Gasteiger partial charge in [-0.1, -0.05) is 0 Å². The van der Waals surface area contributed by atoms with Gasteiger partial charge in [-0.15, -0.1) is 0 Å². The Kier molecular flexibility index (Phi) is 6.37. The molecule has 184 valence electrons. The summed E-state index contributed by atoms with van der Waals surface area (Å²) < 4.78 is 29.0. The fourth-order valence-corrected chi connectivity index (χ4v) is 5.34. The van der Waals surface area contributed by atoms with Crippen LogP contribution in [-0.2, 0) is 4.79 Å². The maximum absolute atomic E-state index is 13.5. The predicted molar refractivity (Wildman–Crippen MR) is 124 cm³/mol. The standard InChI is InChI=1S/C23H32F2N8O/c1-14-19(13-33(30-14)17-10-15-4-5-16(11-17)31(15)2)28-23-27-12-18(21(24)25)22(29-23)26-7-3-8-32-9-6-20(32)34/h12-13,15-17,21H,3-11H2,1-2H3,(H2,26,27,28,29). The third-order valence-corrected chi connectivity index (χ3v) is 7.51. The molecule has 0 radical (unpaired) electrons. The number of alkyl halides is 2. The van der Waals surface area contributed by atoms with Gasteiger partial charge in [0, 0.05) is 50.5 Å². The molecule has 2 unspecified atom stereocenters. The van der Waals surface area contributed by atoms with Crippen molar-refractivity contribution < 1.29 is 13.6 Å². The molecule has 34 heavy (non-hydrogen) atoms. The molecule has 3 fully saturated rings. The number of carbonyl (C=O) groups excluding carboxylic acids is 1. The number of nitrogens with one attached hydrogen (secondary N) is 2. The number of fused-ring (bicyclic) bond motifs is 2. The molecule has 3 aliphatic rings. The Labute approximate surface area is 197 Å². The van der Waals surface area contributed by atoms with Gasteiger partial charge in [0.2, 0.25) is 11.9 Å². The van der Waals surface area contributed by atoms with Crippen LogP contribution in [0.15, 0.2) is 12.4 Å². The van der Waals surface area contributed by atoms with E-state index in [9.17, 15) is 13.6 Å². The summed E-state index contributed by atoms with van der Waals surface area (Å²) in [6, 6.07) is 1.59. The number of likely N-dealkylation sites (tertiary alicyclic amines) is 1. The number of hydrogen-bond donors (Lipinski definition) is 2. The number of aromatic nitrogens is 4. The van der Waals surface area contributed by atoms with E-state index in [2.05, 4.69) is 32.5 Å². The van der Waals surface area contributed by atoms with E-state index in [4.69, 9.17) is 5.10 Å². The summed E-state index contributed by atoms with van der Waals surface area (Å²) in [5.74, 6) is 0.501. The molecule has 0 aliphatic carbocycles. The first kappa shape index (κ1) is 22.9. The molecule has 1 amide bonds. The van der Waals surface area contributed by atoms with E-state index >= 15 is 0 Å². The zero-order chi connectivity index (χ0) is 23.8. The van der Waals surface area contributed by atoms with Gasteiger partial charge in [0.1, 0.15) is 5.82 Å². The molecule has 3 saturated heterocycles. The Morgan fingerprint density at radius 2 is 1.97 bits per heavy atom. The highest BCUT2D eigenvalue weighted by molar-refractivity contribution is 5.81. The number of anilines is 3. The Morgan fingerprint density at radius 1 is 1.21 bits per heavy atom. The van der Waals surface area contributed by atoms with Crippen molar-refractivity contribution in [1.29, 1.82) is 0 Å². The largest absolute Gasteiger partial charge is 0.369 e. The number of rotatable bonds is 9. The van der Waals surface area contributed by atoms with Gasteiger partial charge >= 0.3 is 0 Å². The van der Waals surface area contributed by atoms with Gasteiger partial charge in [-0.05, 0) is 46.1 Å². The molecule has 2 atom stereocenters. The van der Waals surface area contributed by atoms with Gasteiger partial charge in [-0.25, -0.2) is 13.8 Å². The fourth-order valence-electron chi connectivity index (χ4n) is 5.34. The normalized spacial score (nSPS) is 24.6. The zero-order valence-corrected chi connectivity index (χ0v) is 19.7. The van der Waals surface area contributed by atoms with E-state index in [0.29, 0.717) is 44.1 Å². The van der Waals surface area contributed by atoms with Crippen LogP contribution < -0.4 is 10.6 Å². The average Bonchev–Trinajstić information content (AvgIpc) is 3.24. The van der Waals surface area contributed by atoms with Crippen LogP contribution >= 0.6 is 0 Å². The number of halogens is 2. The van der Waals surface area contributed by atoms with Crippen LogP contribution in [-0.4, -0.2) is 74.2 Å². The van der Waals surface area contributed by atoms with Crippen LogP contribution in [0.2, 0.25) is 0 Å². The van der Waals surface area contributed by atoms with E-state index in [1.165, 1.54) is 12.8 Å². The molecule has 0 spiro atoms. The van der Waals surface area contributed by atoms with Crippen LogP contribution in [0.1, 0.15) is 62.2 Å². The Balaban J connectivity index is 1.25. The van der Waals surface area contributed by atoms with Crippen molar-refractivity contribution in [2.75, 3.05) is 37.3 Å². The molecule has 0 aromatic carbocycles. The number of nitrogens with zero attached hydrogens (tertiary/aromatic N) is 6. The summed E-state index contributed by atoms with van der Waals surface area (Å²) in [5.41, 5.74) is 1.36. The molecule has 2 aromatic rings. The van der Waals surface area contributed by atoms with E-state index in [0.717, 1.165) is 37.0 Å². The van der Waals surface area contributed by atoms with Gasteiger partial charge in [0.05, 0.1) is 23.0 Å². The lowest BCUT2D eigenvalue weighted by atomic mass is 9.98. The first-order chi connectivity index (χ1) is 16.4. The summed E-state index contributed by atoms with van der Waals surface area (Å²) in [5, 5.41) is 10.9. The van der Waals surface area contributed by atoms with E-state index in [1.807, 2.05) is 17.8 Å². The summed E-state index contributed by atoms with van der Waals surface area (Å²) in [7, 11) is 2.22. The maximum Gasteiger partial charge on any atom is 0.268 e. The van der Waals surface area contributed by atoms with Crippen molar-refractivity contribution in [3.8, 4) is 0 Å². The predicted octanol–water partition coefficient (Wildman–Crippen LogP) is 3.49. The van der Waals surface area contributed by atoms with Gasteiger partial charge < -0.3 is 20.4 Å². The van der Waals surface area contributed by atoms with Gasteiger partial charge in [0.25, 0.3) is 6.43 Å². The molecule has 5 heterocycles. The highest BCUT2D eigenvalue weighted by Gasteiger charge is 2.39. The summed E-state index contributed by atoms with van der Waals surface area (Å²) in [6.07, 6.45) is 6.38. The zero-order valence-electron chi connectivity index (χ0n) is 19.7. The second-order valence-corrected chi connectivity index (χ2v) is 9.62. The van der Waals surface area contributed by atoms with Crippen LogP contribution in [0, 0.1) is 6.92 Å². The molecule has 0 saturated carbocycles. The number of β-lactam (4-membered cyclic amide) rings is 1. The molecular weight excluding hydrogens is 442 g/mol. The third kappa shape index (κ3) is 4.57. The molecule has 2 N–H and O–H groups in total. The number of piperidine rings is 1. The monoisotopic (exact) mass is 474 g/mol. The van der Waals surface area contributed by atoms with E-state index in [-0.39, 0.29) is 23.2 Å². The lowest BCUT2D eigenvalue weighted by Crippen LogP contribution is -2.44. The molecule has 2 bridgehead atoms. The minimum atomic E-state index is -2.68. The minimum Gasteiger partial charge on any atom is -0.369 e. The summed E-state index contributed by atoms with van der Waals surface area (Å²) >= 11 is 0. The van der Waals surface area contributed by atoms with Crippen LogP contribution in [0.25, 0.3) is 0 Å². The highest BCUT2D eigenvalue weighted by atomic mass is 19.3. The number of carbonyl (C=O) groups is 1. The Bertz CT molecular complexity index is 1030. The number of amides is 1. The average molecular weight is 475 g/mol. The molecule has 11 heteroatoms. The second kappa shape index (κ2) is 9.44. The topological polar surface area (TPSA) is 91.2 Å². The quantitative estimate of drug-likeness (QED) is 0.425. The minimum absolute atomic E-state index is 0.111. The molecular formula is C23H32F2N8O. The molecule has 9 nitrogen and oxygen atoms in total. The lowest BCUT2D eigenvalue weighted by molar-refractivity contribution is -0.139. The van der Waals surface area contributed by atoms with E-state index in [1.54, 1.807) is 4.90 Å².